The van der Waals surface area contributed by atoms with Crippen molar-refractivity contribution in [2.24, 2.45) is 0 Å². The fourth-order valence-electron chi connectivity index (χ4n) is 2.03. The Morgan fingerprint density at radius 1 is 1.47 bits per heavy atom. The summed E-state index contributed by atoms with van der Waals surface area (Å²) < 4.78 is 27.1. The van der Waals surface area contributed by atoms with Gasteiger partial charge < -0.3 is 5.32 Å². The van der Waals surface area contributed by atoms with Gasteiger partial charge in [-0.25, -0.2) is 8.42 Å². The summed E-state index contributed by atoms with van der Waals surface area (Å²) in [6.45, 7) is 0.870. The molecule has 1 aliphatic rings. The van der Waals surface area contributed by atoms with Crippen LogP contribution in [-0.4, -0.2) is 50.9 Å². The second-order valence-electron chi connectivity index (χ2n) is 4.61. The molecule has 1 atom stereocenters. The molecule has 2 rings (SSSR count). The summed E-state index contributed by atoms with van der Waals surface area (Å²) in [7, 11) is 0.298. The molecular weight excluding hydrogens is 300 g/mol. The van der Waals surface area contributed by atoms with Crippen LogP contribution in [0.25, 0.3) is 0 Å². The van der Waals surface area contributed by atoms with Gasteiger partial charge in [0.2, 0.25) is 0 Å². The van der Waals surface area contributed by atoms with Crippen molar-refractivity contribution in [2.75, 3.05) is 32.1 Å². The molecule has 19 heavy (non-hydrogen) atoms. The van der Waals surface area contributed by atoms with Crippen LogP contribution < -0.4 is 5.32 Å². The monoisotopic (exact) mass is 320 g/mol. The quantitative estimate of drug-likeness (QED) is 0.866. The maximum atomic E-state index is 12.5. The molecule has 0 aliphatic carbocycles. The zero-order chi connectivity index (χ0) is 13.9. The van der Waals surface area contributed by atoms with Gasteiger partial charge in [-0.2, -0.15) is 16.1 Å². The zero-order valence-electron chi connectivity index (χ0n) is 11.3. The van der Waals surface area contributed by atoms with Crippen LogP contribution in [0.15, 0.2) is 16.3 Å². The van der Waals surface area contributed by atoms with Crippen molar-refractivity contribution in [2.45, 2.75) is 23.1 Å². The maximum absolute atomic E-state index is 12.5. The minimum absolute atomic E-state index is 0.151. The molecule has 4 nitrogen and oxygen atoms in total. The predicted molar refractivity (Wildman–Crippen MR) is 82.6 cm³/mol. The Bertz CT molecular complexity index is 507. The number of hydrogen-bond donors (Lipinski definition) is 1. The highest BCUT2D eigenvalue weighted by molar-refractivity contribution is 7.99. The zero-order valence-corrected chi connectivity index (χ0v) is 13.7. The van der Waals surface area contributed by atoms with Crippen molar-refractivity contribution < 1.29 is 8.42 Å². The first-order valence-electron chi connectivity index (χ1n) is 6.35. The van der Waals surface area contributed by atoms with E-state index in [4.69, 9.17) is 0 Å². The number of thiophene rings is 1. The molecule has 1 saturated heterocycles. The first-order chi connectivity index (χ1) is 9.05. The molecule has 1 aliphatic heterocycles. The summed E-state index contributed by atoms with van der Waals surface area (Å²) in [5, 5.41) is 3.08. The second-order valence-corrected chi connectivity index (χ2v) is 9.16. The summed E-state index contributed by atoms with van der Waals surface area (Å²) >= 11 is 3.22. The van der Waals surface area contributed by atoms with Crippen molar-refractivity contribution in [1.29, 1.82) is 0 Å². The van der Waals surface area contributed by atoms with E-state index >= 15 is 0 Å². The first kappa shape index (κ1) is 15.3. The Morgan fingerprint density at radius 2 is 2.26 bits per heavy atom. The van der Waals surface area contributed by atoms with Crippen LogP contribution in [0.4, 0.5) is 0 Å². The van der Waals surface area contributed by atoms with E-state index in [1.54, 1.807) is 17.4 Å². The molecule has 1 fully saturated rings. The third kappa shape index (κ3) is 3.52. The lowest BCUT2D eigenvalue weighted by molar-refractivity contribution is 0.396. The van der Waals surface area contributed by atoms with Crippen molar-refractivity contribution in [3.63, 3.8) is 0 Å². The smallest absolute Gasteiger partial charge is 0.252 e. The highest BCUT2D eigenvalue weighted by Crippen LogP contribution is 2.29. The Labute approximate surface area is 123 Å². The molecule has 2 heterocycles. The lowest BCUT2D eigenvalue weighted by atomic mass is 10.3. The maximum Gasteiger partial charge on any atom is 0.252 e. The third-order valence-corrected chi connectivity index (χ3v) is 7.98. The molecule has 0 saturated carbocycles. The topological polar surface area (TPSA) is 49.4 Å². The Hall–Kier alpha value is -0.0800. The standard InChI is InChI=1S/C12H20N2O2S3/c1-13-7-5-11-3-4-12(18-11)19(15,16)14(2)10-6-8-17-9-10/h3-4,10,13H,5-9H2,1-2H3. The van der Waals surface area contributed by atoms with Crippen LogP contribution in [-0.2, 0) is 16.4 Å². The third-order valence-electron chi connectivity index (χ3n) is 3.31. The van der Waals surface area contributed by atoms with Crippen LogP contribution in [0, 0.1) is 0 Å². The van der Waals surface area contributed by atoms with E-state index in [9.17, 15) is 8.42 Å². The summed E-state index contributed by atoms with van der Waals surface area (Å²) in [5.41, 5.74) is 0. The fourth-order valence-corrected chi connectivity index (χ4v) is 6.31. The van der Waals surface area contributed by atoms with Gasteiger partial charge in [0.05, 0.1) is 0 Å². The van der Waals surface area contributed by atoms with E-state index in [-0.39, 0.29) is 6.04 Å². The van der Waals surface area contributed by atoms with E-state index in [1.165, 1.54) is 11.3 Å². The first-order valence-corrected chi connectivity index (χ1v) is 9.76. The lowest BCUT2D eigenvalue weighted by Crippen LogP contribution is -2.36. The van der Waals surface area contributed by atoms with Crippen molar-refractivity contribution in [3.8, 4) is 0 Å². The number of nitrogens with one attached hydrogen (secondary N) is 1. The van der Waals surface area contributed by atoms with Gasteiger partial charge >= 0.3 is 0 Å². The van der Waals surface area contributed by atoms with Crippen LogP contribution in [0.3, 0.4) is 0 Å². The van der Waals surface area contributed by atoms with Crippen molar-refractivity contribution in [1.82, 2.24) is 9.62 Å². The van der Waals surface area contributed by atoms with Crippen LogP contribution >= 0.6 is 23.1 Å². The average molecular weight is 321 g/mol. The fraction of sp³-hybridized carbons (Fsp3) is 0.667. The van der Waals surface area contributed by atoms with E-state index in [0.29, 0.717) is 4.21 Å². The van der Waals surface area contributed by atoms with E-state index < -0.39 is 10.0 Å². The lowest BCUT2D eigenvalue weighted by Gasteiger charge is -2.22. The van der Waals surface area contributed by atoms with Crippen LogP contribution in [0.5, 0.6) is 0 Å². The van der Waals surface area contributed by atoms with Crippen molar-refractivity contribution in [3.05, 3.63) is 17.0 Å². The molecule has 1 aromatic rings. The van der Waals surface area contributed by atoms with Crippen LogP contribution in [0.2, 0.25) is 0 Å². The van der Waals surface area contributed by atoms with E-state index in [1.807, 2.05) is 24.9 Å². The molecule has 0 aromatic carbocycles. The molecule has 1 unspecified atom stereocenters. The Kier molecular flexibility index (Phi) is 5.30. The number of nitrogens with zero attached hydrogens (tertiary/aromatic N) is 1. The van der Waals surface area contributed by atoms with E-state index in [2.05, 4.69) is 5.32 Å². The van der Waals surface area contributed by atoms with Gasteiger partial charge in [-0.1, -0.05) is 0 Å². The van der Waals surface area contributed by atoms with Gasteiger partial charge in [-0.05, 0) is 44.3 Å². The minimum atomic E-state index is -3.31. The van der Waals surface area contributed by atoms with Gasteiger partial charge in [-0.3, -0.25) is 0 Å². The van der Waals surface area contributed by atoms with Gasteiger partial charge in [0.25, 0.3) is 10.0 Å². The van der Waals surface area contributed by atoms with Gasteiger partial charge in [0.15, 0.2) is 0 Å². The highest BCUT2D eigenvalue weighted by Gasteiger charge is 2.31. The van der Waals surface area contributed by atoms with Crippen LogP contribution in [0.1, 0.15) is 11.3 Å². The molecule has 0 amide bonds. The number of rotatable bonds is 6. The van der Waals surface area contributed by atoms with Gasteiger partial charge in [0, 0.05) is 23.7 Å². The number of likely N-dealkylation sites (N-methyl/N-ethyl adjacent to an activating group) is 1. The van der Waals surface area contributed by atoms with Crippen molar-refractivity contribution >= 4 is 33.1 Å². The summed E-state index contributed by atoms with van der Waals surface area (Å²) in [5.74, 6) is 1.97. The molecule has 1 aromatic heterocycles. The molecule has 7 heteroatoms. The molecular formula is C12H20N2O2S3. The molecule has 0 bridgehead atoms. The average Bonchev–Trinajstić information content (AvgIpc) is 3.06. The molecule has 1 N–H and O–H groups in total. The SMILES string of the molecule is CNCCc1ccc(S(=O)(=O)N(C)C2CCSC2)s1. The van der Waals surface area contributed by atoms with Gasteiger partial charge in [-0.15, -0.1) is 11.3 Å². The Balaban J connectivity index is 2.12. The molecule has 0 radical (unpaired) electrons. The number of sulfonamides is 1. The van der Waals surface area contributed by atoms with E-state index in [0.717, 1.165) is 35.8 Å². The molecule has 108 valence electrons. The normalized spacial score (nSPS) is 20.3. The number of hydrogen-bond acceptors (Lipinski definition) is 5. The summed E-state index contributed by atoms with van der Waals surface area (Å²) in [4.78, 5) is 1.11. The predicted octanol–water partition coefficient (Wildman–Crippen LogP) is 1.64. The second kappa shape index (κ2) is 6.58. The minimum Gasteiger partial charge on any atom is -0.319 e. The highest BCUT2D eigenvalue weighted by atomic mass is 32.2. The molecule has 0 spiro atoms. The Morgan fingerprint density at radius 3 is 2.89 bits per heavy atom. The summed E-state index contributed by atoms with van der Waals surface area (Å²) in [6.07, 6.45) is 1.83. The van der Waals surface area contributed by atoms with Gasteiger partial charge in [0.1, 0.15) is 4.21 Å². The number of thioether (sulfide) groups is 1. The largest absolute Gasteiger partial charge is 0.319 e. The summed E-state index contributed by atoms with van der Waals surface area (Å²) in [6, 6.07) is 3.81.